The molecule has 3 aromatic heterocycles. The molecule has 1 aromatic carbocycles. The van der Waals surface area contributed by atoms with Gasteiger partial charge in [0, 0.05) is 17.0 Å². The average molecular weight is 385 g/mol. The monoisotopic (exact) mass is 384 g/mol. The smallest absolute Gasteiger partial charge is 0.339 e. The van der Waals surface area contributed by atoms with E-state index in [0.29, 0.717) is 28.2 Å². The largest absolute Gasteiger partial charge is 0.462 e. The molecule has 4 aromatic rings. The first-order chi connectivity index (χ1) is 12.7. The Balaban J connectivity index is 1.87. The van der Waals surface area contributed by atoms with Gasteiger partial charge in [-0.25, -0.2) is 9.78 Å². The van der Waals surface area contributed by atoms with Crippen LogP contribution in [0.15, 0.2) is 41.9 Å². The lowest BCUT2D eigenvalue weighted by atomic mass is 10.2. The molecule has 0 spiro atoms. The maximum atomic E-state index is 12.3. The fraction of sp³-hybridized carbons (Fsp3) is 0.111. The molecule has 3 heterocycles. The third-order valence-corrected chi connectivity index (χ3v) is 4.83. The van der Waals surface area contributed by atoms with E-state index in [1.165, 1.54) is 11.3 Å². The number of nitrogens with one attached hydrogen (secondary N) is 1. The number of thiophene rings is 1. The van der Waals surface area contributed by atoms with E-state index < -0.39 is 5.97 Å². The number of halogens is 1. The molecule has 0 atom stereocenters. The molecular formula is C18H13ClN4O2S. The van der Waals surface area contributed by atoms with Gasteiger partial charge in [0.05, 0.1) is 28.8 Å². The van der Waals surface area contributed by atoms with Crippen LogP contribution in [0.1, 0.15) is 17.3 Å². The summed E-state index contributed by atoms with van der Waals surface area (Å²) in [5.41, 5.74) is 1.98. The van der Waals surface area contributed by atoms with Crippen molar-refractivity contribution >= 4 is 61.5 Å². The van der Waals surface area contributed by atoms with Crippen molar-refractivity contribution < 1.29 is 9.53 Å². The number of hydrogen-bond acceptors (Lipinski definition) is 7. The molecular weight excluding hydrogens is 372 g/mol. The van der Waals surface area contributed by atoms with E-state index in [1.54, 1.807) is 18.5 Å². The predicted octanol–water partition coefficient (Wildman–Crippen LogP) is 4.81. The van der Waals surface area contributed by atoms with Crippen molar-refractivity contribution in [3.63, 3.8) is 0 Å². The van der Waals surface area contributed by atoms with E-state index in [1.807, 2.05) is 30.3 Å². The number of benzene rings is 1. The summed E-state index contributed by atoms with van der Waals surface area (Å²) in [5.74, 6) is 0.0335. The number of nitrogens with zero attached hydrogens (tertiary/aromatic N) is 3. The second-order valence-corrected chi connectivity index (χ2v) is 6.59. The lowest BCUT2D eigenvalue weighted by Crippen LogP contribution is -2.05. The van der Waals surface area contributed by atoms with Crippen LogP contribution in [0.4, 0.5) is 11.5 Å². The molecule has 26 heavy (non-hydrogen) atoms. The van der Waals surface area contributed by atoms with E-state index in [2.05, 4.69) is 20.3 Å². The second-order valence-electron chi connectivity index (χ2n) is 5.40. The molecule has 0 saturated heterocycles. The number of carbonyl (C=O) groups excluding carboxylic acids is 1. The first-order valence-corrected chi connectivity index (χ1v) is 9.15. The van der Waals surface area contributed by atoms with Gasteiger partial charge in [-0.2, -0.15) is 4.98 Å². The van der Waals surface area contributed by atoms with Crippen molar-refractivity contribution in [3.8, 4) is 0 Å². The highest BCUT2D eigenvalue weighted by molar-refractivity contribution is 7.17. The van der Waals surface area contributed by atoms with Gasteiger partial charge in [0.1, 0.15) is 10.6 Å². The number of carbonyl (C=O) groups is 1. The standard InChI is InChI=1S/C18H13ClN4O2S/c1-2-25-17(24)11-9-26-16-13(11)15(22-18(19)23-16)21-12-7-3-5-10-6-4-8-20-14(10)12/h3-9H,2H2,1H3,(H,21,22,23). The summed E-state index contributed by atoms with van der Waals surface area (Å²) in [5, 5.41) is 6.65. The number of hydrogen-bond donors (Lipinski definition) is 1. The SMILES string of the molecule is CCOC(=O)c1csc2nc(Cl)nc(Nc3cccc4cccnc34)c12. The van der Waals surface area contributed by atoms with Crippen molar-refractivity contribution in [3.05, 3.63) is 52.8 Å². The van der Waals surface area contributed by atoms with Crippen molar-refractivity contribution in [2.24, 2.45) is 0 Å². The Kier molecular flexibility index (Phi) is 4.40. The van der Waals surface area contributed by atoms with E-state index in [-0.39, 0.29) is 5.28 Å². The minimum Gasteiger partial charge on any atom is -0.462 e. The highest BCUT2D eigenvalue weighted by Gasteiger charge is 2.20. The normalized spacial score (nSPS) is 11.0. The van der Waals surface area contributed by atoms with Gasteiger partial charge in [-0.1, -0.05) is 18.2 Å². The lowest BCUT2D eigenvalue weighted by molar-refractivity contribution is 0.0529. The van der Waals surface area contributed by atoms with Crippen LogP contribution in [0.25, 0.3) is 21.1 Å². The van der Waals surface area contributed by atoms with Crippen LogP contribution in [0.5, 0.6) is 0 Å². The zero-order valence-electron chi connectivity index (χ0n) is 13.7. The van der Waals surface area contributed by atoms with Gasteiger partial charge < -0.3 is 10.1 Å². The Morgan fingerprint density at radius 3 is 2.96 bits per heavy atom. The molecule has 0 aliphatic carbocycles. The molecule has 0 fully saturated rings. The van der Waals surface area contributed by atoms with Gasteiger partial charge in [-0.15, -0.1) is 11.3 Å². The summed E-state index contributed by atoms with van der Waals surface area (Å²) in [6, 6.07) is 9.65. The maximum Gasteiger partial charge on any atom is 0.339 e. The molecule has 0 saturated carbocycles. The molecule has 6 nitrogen and oxygen atoms in total. The number of pyridine rings is 1. The van der Waals surface area contributed by atoms with Crippen LogP contribution in [0.2, 0.25) is 5.28 Å². The summed E-state index contributed by atoms with van der Waals surface area (Å²) in [6.07, 6.45) is 1.73. The van der Waals surface area contributed by atoms with Gasteiger partial charge in [0.15, 0.2) is 0 Å². The second kappa shape index (κ2) is 6.86. The molecule has 4 rings (SSSR count). The Hall–Kier alpha value is -2.77. The number of anilines is 2. The van der Waals surface area contributed by atoms with Crippen LogP contribution in [-0.2, 0) is 4.74 Å². The summed E-state index contributed by atoms with van der Waals surface area (Å²) in [4.78, 5) is 25.8. The Morgan fingerprint density at radius 1 is 1.27 bits per heavy atom. The minimum atomic E-state index is -0.413. The summed E-state index contributed by atoms with van der Waals surface area (Å²) >= 11 is 7.39. The molecule has 8 heteroatoms. The minimum absolute atomic E-state index is 0.102. The van der Waals surface area contributed by atoms with Crippen LogP contribution in [-0.4, -0.2) is 27.5 Å². The van der Waals surface area contributed by atoms with E-state index in [0.717, 1.165) is 16.6 Å². The quantitative estimate of drug-likeness (QED) is 0.401. The molecule has 1 N–H and O–H groups in total. The van der Waals surface area contributed by atoms with Crippen molar-refractivity contribution in [2.75, 3.05) is 11.9 Å². The Bertz CT molecular complexity index is 1120. The molecule has 0 radical (unpaired) electrons. The van der Waals surface area contributed by atoms with E-state index in [9.17, 15) is 4.79 Å². The van der Waals surface area contributed by atoms with Crippen molar-refractivity contribution in [2.45, 2.75) is 6.92 Å². The van der Waals surface area contributed by atoms with Crippen molar-refractivity contribution in [1.29, 1.82) is 0 Å². The maximum absolute atomic E-state index is 12.3. The van der Waals surface area contributed by atoms with Gasteiger partial charge in [0.2, 0.25) is 5.28 Å². The summed E-state index contributed by atoms with van der Waals surface area (Å²) in [6.45, 7) is 2.06. The van der Waals surface area contributed by atoms with Crippen LogP contribution in [0, 0.1) is 0 Å². The molecule has 0 unspecified atom stereocenters. The first-order valence-electron chi connectivity index (χ1n) is 7.90. The zero-order valence-corrected chi connectivity index (χ0v) is 15.3. The summed E-state index contributed by atoms with van der Waals surface area (Å²) < 4.78 is 5.14. The van der Waals surface area contributed by atoms with Crippen LogP contribution in [0.3, 0.4) is 0 Å². The zero-order chi connectivity index (χ0) is 18.1. The van der Waals surface area contributed by atoms with E-state index >= 15 is 0 Å². The van der Waals surface area contributed by atoms with Gasteiger partial charge >= 0.3 is 5.97 Å². The lowest BCUT2D eigenvalue weighted by Gasteiger charge is -2.10. The first kappa shape index (κ1) is 16.7. The number of fused-ring (bicyclic) bond motifs is 2. The number of aromatic nitrogens is 3. The molecule has 0 aliphatic rings. The van der Waals surface area contributed by atoms with Gasteiger partial charge in [-0.05, 0) is 30.7 Å². The molecule has 0 bridgehead atoms. The topological polar surface area (TPSA) is 77.0 Å². The van der Waals surface area contributed by atoms with Gasteiger partial charge in [-0.3, -0.25) is 4.98 Å². The van der Waals surface area contributed by atoms with Crippen LogP contribution >= 0.6 is 22.9 Å². The highest BCUT2D eigenvalue weighted by atomic mass is 35.5. The van der Waals surface area contributed by atoms with Gasteiger partial charge in [0.25, 0.3) is 0 Å². The number of para-hydroxylation sites is 1. The third kappa shape index (κ3) is 2.95. The highest BCUT2D eigenvalue weighted by Crippen LogP contribution is 2.34. The Morgan fingerprint density at radius 2 is 2.12 bits per heavy atom. The van der Waals surface area contributed by atoms with E-state index in [4.69, 9.17) is 16.3 Å². The van der Waals surface area contributed by atoms with Crippen LogP contribution < -0.4 is 5.32 Å². The molecule has 0 aliphatic heterocycles. The fourth-order valence-corrected chi connectivity index (χ4v) is 3.82. The third-order valence-electron chi connectivity index (χ3n) is 3.79. The summed E-state index contributed by atoms with van der Waals surface area (Å²) in [7, 11) is 0. The number of ether oxygens (including phenoxy) is 1. The predicted molar refractivity (Wildman–Crippen MR) is 103 cm³/mol. The average Bonchev–Trinajstić information content (AvgIpc) is 3.06. The Labute approximate surface area is 157 Å². The molecule has 0 amide bonds. The molecule has 130 valence electrons. The number of rotatable bonds is 4. The van der Waals surface area contributed by atoms with Crippen molar-refractivity contribution in [1.82, 2.24) is 15.0 Å². The number of esters is 1. The fourth-order valence-electron chi connectivity index (χ4n) is 2.70.